The summed E-state index contributed by atoms with van der Waals surface area (Å²) in [6, 6.07) is 0.315. The Balaban J connectivity index is 2.27. The molecule has 0 bridgehead atoms. The Kier molecular flexibility index (Phi) is 4.42. The average Bonchev–Trinajstić information content (AvgIpc) is 2.92. The predicted molar refractivity (Wildman–Crippen MR) is 77.2 cm³/mol. The maximum atomic E-state index is 4.44. The zero-order chi connectivity index (χ0) is 13.1. The molecule has 1 unspecified atom stereocenters. The molecule has 0 fully saturated rings. The van der Waals surface area contributed by atoms with Crippen molar-refractivity contribution in [2.24, 2.45) is 0 Å². The summed E-state index contributed by atoms with van der Waals surface area (Å²) in [4.78, 5) is 5.60. The van der Waals surface area contributed by atoms with Crippen LogP contribution in [0, 0.1) is 13.8 Å². The van der Waals surface area contributed by atoms with Gasteiger partial charge in [0.1, 0.15) is 5.01 Å². The Bertz CT molecular complexity index is 518. The van der Waals surface area contributed by atoms with Crippen molar-refractivity contribution in [1.29, 1.82) is 0 Å². The number of hydrogen-bond donors (Lipinski definition) is 1. The number of rotatable bonds is 5. The lowest BCUT2D eigenvalue weighted by Crippen LogP contribution is -2.19. The molecule has 4 nitrogen and oxygen atoms in total. The van der Waals surface area contributed by atoms with E-state index in [1.54, 1.807) is 22.7 Å². The summed E-state index contributed by atoms with van der Waals surface area (Å²) in [5.74, 6) is 0. The number of thiazole rings is 1. The van der Waals surface area contributed by atoms with Gasteiger partial charge in [0.15, 0.2) is 5.01 Å². The number of nitrogens with zero attached hydrogens (tertiary/aromatic N) is 3. The number of aryl methyl sites for hydroxylation is 2. The number of nitrogens with one attached hydrogen (secondary N) is 1. The highest BCUT2D eigenvalue weighted by molar-refractivity contribution is 7.21. The van der Waals surface area contributed by atoms with E-state index in [0.717, 1.165) is 38.6 Å². The largest absolute Gasteiger partial charge is 0.308 e. The Morgan fingerprint density at radius 2 is 1.94 bits per heavy atom. The van der Waals surface area contributed by atoms with Crippen LogP contribution in [0.3, 0.4) is 0 Å². The molecular weight excluding hydrogens is 264 g/mol. The molecule has 2 rings (SSSR count). The van der Waals surface area contributed by atoms with Crippen LogP contribution in [0.1, 0.15) is 42.0 Å². The van der Waals surface area contributed by atoms with Gasteiger partial charge >= 0.3 is 0 Å². The van der Waals surface area contributed by atoms with E-state index >= 15 is 0 Å². The first kappa shape index (κ1) is 13.6. The van der Waals surface area contributed by atoms with Crippen molar-refractivity contribution in [3.63, 3.8) is 0 Å². The van der Waals surface area contributed by atoms with E-state index in [1.807, 2.05) is 13.8 Å². The molecule has 0 amide bonds. The summed E-state index contributed by atoms with van der Waals surface area (Å²) < 4.78 is 0. The lowest BCUT2D eigenvalue weighted by Gasteiger charge is -2.10. The van der Waals surface area contributed by atoms with Crippen LogP contribution >= 0.6 is 22.7 Å². The van der Waals surface area contributed by atoms with Crippen molar-refractivity contribution in [1.82, 2.24) is 20.5 Å². The monoisotopic (exact) mass is 282 g/mol. The van der Waals surface area contributed by atoms with Crippen molar-refractivity contribution < 1.29 is 0 Å². The minimum absolute atomic E-state index is 0.315. The average molecular weight is 282 g/mol. The van der Waals surface area contributed by atoms with Gasteiger partial charge in [-0.1, -0.05) is 25.2 Å². The van der Waals surface area contributed by atoms with E-state index in [1.165, 1.54) is 0 Å². The van der Waals surface area contributed by atoms with Gasteiger partial charge in [0, 0.05) is 0 Å². The highest BCUT2D eigenvalue weighted by atomic mass is 32.1. The minimum Gasteiger partial charge on any atom is -0.308 e. The smallest absolute Gasteiger partial charge is 0.159 e. The summed E-state index contributed by atoms with van der Waals surface area (Å²) in [5.41, 5.74) is 1.05. The van der Waals surface area contributed by atoms with Crippen LogP contribution in [0.25, 0.3) is 9.88 Å². The fraction of sp³-hybridized carbons (Fsp3) is 0.583. The highest BCUT2D eigenvalue weighted by Crippen LogP contribution is 2.33. The molecule has 2 heterocycles. The summed E-state index contributed by atoms with van der Waals surface area (Å²) in [5, 5.41) is 15.2. The molecule has 98 valence electrons. The molecule has 0 saturated heterocycles. The normalized spacial score (nSPS) is 12.9. The van der Waals surface area contributed by atoms with Gasteiger partial charge in [-0.05, 0) is 26.8 Å². The summed E-state index contributed by atoms with van der Waals surface area (Å²) in [6.45, 7) is 9.28. The Morgan fingerprint density at radius 1 is 1.17 bits per heavy atom. The molecule has 1 atom stereocenters. The molecule has 18 heavy (non-hydrogen) atoms. The summed E-state index contributed by atoms with van der Waals surface area (Å²) >= 11 is 3.36. The van der Waals surface area contributed by atoms with Crippen LogP contribution in [0.4, 0.5) is 0 Å². The quantitative estimate of drug-likeness (QED) is 0.914. The highest BCUT2D eigenvalue weighted by Gasteiger charge is 2.17. The molecule has 0 radical (unpaired) electrons. The molecule has 2 aromatic heterocycles. The van der Waals surface area contributed by atoms with Crippen LogP contribution < -0.4 is 5.32 Å². The molecule has 6 heteroatoms. The lowest BCUT2D eigenvalue weighted by molar-refractivity contribution is 0.531. The van der Waals surface area contributed by atoms with Gasteiger partial charge in [0.25, 0.3) is 0 Å². The molecule has 0 aliphatic carbocycles. The van der Waals surface area contributed by atoms with E-state index in [0.29, 0.717) is 6.04 Å². The van der Waals surface area contributed by atoms with Crippen LogP contribution in [-0.2, 0) is 0 Å². The van der Waals surface area contributed by atoms with Gasteiger partial charge in [0.05, 0.1) is 21.6 Å². The Morgan fingerprint density at radius 3 is 2.50 bits per heavy atom. The SMILES string of the molecule is CCNC(CC)c1nnc(-c2sc(C)nc2C)s1. The standard InChI is InChI=1S/C12H18N4S2/c1-5-9(13-6-2)11-15-16-12(18-11)10-7(3)14-8(4)17-10/h9,13H,5-6H2,1-4H3. The molecule has 1 N–H and O–H groups in total. The van der Waals surface area contributed by atoms with Gasteiger partial charge in [-0.2, -0.15) is 0 Å². The van der Waals surface area contributed by atoms with Gasteiger partial charge in [-0.25, -0.2) is 4.98 Å². The summed E-state index contributed by atoms with van der Waals surface area (Å²) in [7, 11) is 0. The molecule has 0 aromatic carbocycles. The van der Waals surface area contributed by atoms with Crippen LogP contribution in [-0.4, -0.2) is 21.7 Å². The minimum atomic E-state index is 0.315. The van der Waals surface area contributed by atoms with E-state index in [9.17, 15) is 0 Å². The van der Waals surface area contributed by atoms with E-state index < -0.39 is 0 Å². The van der Waals surface area contributed by atoms with Crippen LogP contribution in [0.15, 0.2) is 0 Å². The van der Waals surface area contributed by atoms with Gasteiger partial charge in [-0.3, -0.25) is 0 Å². The van der Waals surface area contributed by atoms with Crippen LogP contribution in [0.2, 0.25) is 0 Å². The fourth-order valence-corrected chi connectivity index (χ4v) is 3.89. The molecule has 0 aliphatic heterocycles. The maximum absolute atomic E-state index is 4.44. The topological polar surface area (TPSA) is 50.7 Å². The molecular formula is C12H18N4S2. The molecule has 0 aliphatic rings. The zero-order valence-corrected chi connectivity index (χ0v) is 12.8. The third-order valence-electron chi connectivity index (χ3n) is 2.70. The van der Waals surface area contributed by atoms with E-state index in [2.05, 4.69) is 34.3 Å². The predicted octanol–water partition coefficient (Wildman–Crippen LogP) is 3.34. The maximum Gasteiger partial charge on any atom is 0.159 e. The molecule has 2 aromatic rings. The second kappa shape index (κ2) is 5.86. The van der Waals surface area contributed by atoms with E-state index in [4.69, 9.17) is 0 Å². The fourth-order valence-electron chi connectivity index (χ4n) is 1.85. The van der Waals surface area contributed by atoms with Crippen molar-refractivity contribution in [3.05, 3.63) is 15.7 Å². The van der Waals surface area contributed by atoms with Crippen molar-refractivity contribution in [2.75, 3.05) is 6.54 Å². The van der Waals surface area contributed by atoms with Gasteiger partial charge in [-0.15, -0.1) is 21.5 Å². The Labute approximate surface area is 116 Å². The second-order valence-corrected chi connectivity index (χ2v) is 6.32. The number of hydrogen-bond acceptors (Lipinski definition) is 6. The van der Waals surface area contributed by atoms with Crippen molar-refractivity contribution >= 4 is 22.7 Å². The summed E-state index contributed by atoms with van der Waals surface area (Å²) in [6.07, 6.45) is 1.03. The molecule has 0 saturated carbocycles. The zero-order valence-electron chi connectivity index (χ0n) is 11.1. The van der Waals surface area contributed by atoms with Crippen molar-refractivity contribution in [3.8, 4) is 9.88 Å². The van der Waals surface area contributed by atoms with Gasteiger partial charge < -0.3 is 5.32 Å². The Hall–Kier alpha value is -0.850. The van der Waals surface area contributed by atoms with Crippen LogP contribution in [0.5, 0.6) is 0 Å². The molecule has 0 spiro atoms. The number of aromatic nitrogens is 3. The third-order valence-corrected chi connectivity index (χ3v) is 4.96. The van der Waals surface area contributed by atoms with E-state index in [-0.39, 0.29) is 0 Å². The first-order chi connectivity index (χ1) is 8.65. The van der Waals surface area contributed by atoms with Crippen molar-refractivity contribution in [2.45, 2.75) is 40.2 Å². The lowest BCUT2D eigenvalue weighted by atomic mass is 10.2. The third kappa shape index (κ3) is 2.76. The second-order valence-electron chi connectivity index (χ2n) is 4.11. The first-order valence-electron chi connectivity index (χ1n) is 6.16. The first-order valence-corrected chi connectivity index (χ1v) is 7.80. The van der Waals surface area contributed by atoms with Gasteiger partial charge in [0.2, 0.25) is 0 Å².